The van der Waals surface area contributed by atoms with Gasteiger partial charge in [-0.3, -0.25) is 0 Å². The van der Waals surface area contributed by atoms with Gasteiger partial charge >= 0.3 is 0 Å². The molecule has 5 heteroatoms. The molecule has 1 saturated carbocycles. The quantitative estimate of drug-likeness (QED) is 0.685. The monoisotopic (exact) mass is 206 g/mol. The normalized spacial score (nSPS) is 30.3. The Morgan fingerprint density at radius 3 is 2.31 bits per heavy atom. The van der Waals surface area contributed by atoms with E-state index in [4.69, 9.17) is 5.73 Å². The van der Waals surface area contributed by atoms with Crippen LogP contribution in [0.2, 0.25) is 0 Å². The van der Waals surface area contributed by atoms with Crippen LogP contribution < -0.4 is 10.5 Å². The number of rotatable bonds is 3. The maximum Gasteiger partial charge on any atom is 0.208 e. The van der Waals surface area contributed by atoms with Crippen molar-refractivity contribution in [3.05, 3.63) is 0 Å². The third-order valence-electron chi connectivity index (χ3n) is 2.53. The first-order valence-electron chi connectivity index (χ1n) is 4.67. The van der Waals surface area contributed by atoms with Crippen LogP contribution in [0.15, 0.2) is 0 Å². The molecule has 13 heavy (non-hydrogen) atoms. The molecule has 0 atom stereocenters. The van der Waals surface area contributed by atoms with Gasteiger partial charge in [-0.05, 0) is 31.6 Å². The van der Waals surface area contributed by atoms with E-state index in [1.54, 1.807) is 0 Å². The van der Waals surface area contributed by atoms with E-state index in [9.17, 15) is 8.42 Å². The third-order valence-corrected chi connectivity index (χ3v) is 3.22. The molecule has 78 valence electrons. The molecular formula is C8H18N2O2S. The SMILES string of the molecule is CS(=O)(=O)NCC1CCC(N)CC1. The lowest BCUT2D eigenvalue weighted by Crippen LogP contribution is -2.33. The second-order valence-electron chi connectivity index (χ2n) is 3.90. The highest BCUT2D eigenvalue weighted by molar-refractivity contribution is 7.88. The Kier molecular flexibility index (Phi) is 3.70. The lowest BCUT2D eigenvalue weighted by Gasteiger charge is -2.25. The highest BCUT2D eigenvalue weighted by Crippen LogP contribution is 2.22. The summed E-state index contributed by atoms with van der Waals surface area (Å²) in [5.74, 6) is 0.481. The Morgan fingerprint density at radius 2 is 1.85 bits per heavy atom. The Morgan fingerprint density at radius 1 is 1.31 bits per heavy atom. The van der Waals surface area contributed by atoms with Gasteiger partial charge in [-0.1, -0.05) is 0 Å². The van der Waals surface area contributed by atoms with Crippen molar-refractivity contribution in [1.29, 1.82) is 0 Å². The molecule has 0 aromatic carbocycles. The van der Waals surface area contributed by atoms with E-state index in [-0.39, 0.29) is 0 Å². The van der Waals surface area contributed by atoms with E-state index in [2.05, 4.69) is 4.72 Å². The molecule has 0 amide bonds. The van der Waals surface area contributed by atoms with Gasteiger partial charge in [0.25, 0.3) is 0 Å². The zero-order valence-electron chi connectivity index (χ0n) is 7.99. The first-order chi connectivity index (χ1) is 5.97. The lowest BCUT2D eigenvalue weighted by molar-refractivity contribution is 0.326. The summed E-state index contributed by atoms with van der Waals surface area (Å²) in [7, 11) is -3.02. The molecule has 0 aromatic rings. The zero-order valence-corrected chi connectivity index (χ0v) is 8.81. The molecule has 0 aliphatic heterocycles. The highest BCUT2D eigenvalue weighted by atomic mass is 32.2. The molecule has 3 N–H and O–H groups in total. The first kappa shape index (κ1) is 10.9. The molecule has 0 unspecified atom stereocenters. The van der Waals surface area contributed by atoms with Gasteiger partial charge in [-0.15, -0.1) is 0 Å². The van der Waals surface area contributed by atoms with Gasteiger partial charge in [0, 0.05) is 12.6 Å². The average Bonchev–Trinajstić information content (AvgIpc) is 2.02. The maximum atomic E-state index is 10.8. The molecule has 1 aliphatic rings. The van der Waals surface area contributed by atoms with E-state index in [1.807, 2.05) is 0 Å². The Bertz CT molecular complexity index is 243. The van der Waals surface area contributed by atoms with Crippen molar-refractivity contribution in [2.75, 3.05) is 12.8 Å². The second-order valence-corrected chi connectivity index (χ2v) is 5.73. The summed E-state index contributed by atoms with van der Waals surface area (Å²) < 4.78 is 24.1. The predicted octanol–water partition coefficient (Wildman–Crippen LogP) is 0.0531. The number of sulfonamides is 1. The molecule has 1 rings (SSSR count). The molecule has 0 heterocycles. The molecule has 0 bridgehead atoms. The van der Waals surface area contributed by atoms with Crippen LogP contribution in [0.4, 0.5) is 0 Å². The van der Waals surface area contributed by atoms with E-state index in [0.29, 0.717) is 18.5 Å². The van der Waals surface area contributed by atoms with Crippen molar-refractivity contribution in [2.45, 2.75) is 31.7 Å². The number of nitrogens with two attached hydrogens (primary N) is 1. The molecule has 4 nitrogen and oxygen atoms in total. The van der Waals surface area contributed by atoms with Gasteiger partial charge in [-0.2, -0.15) is 0 Å². The summed E-state index contributed by atoms with van der Waals surface area (Å²) in [4.78, 5) is 0. The summed E-state index contributed by atoms with van der Waals surface area (Å²) in [5, 5.41) is 0. The van der Waals surface area contributed by atoms with E-state index < -0.39 is 10.0 Å². The molecule has 0 saturated heterocycles. The van der Waals surface area contributed by atoms with Crippen molar-refractivity contribution >= 4 is 10.0 Å². The van der Waals surface area contributed by atoms with Crippen LogP contribution in [-0.2, 0) is 10.0 Å². The minimum Gasteiger partial charge on any atom is -0.328 e. The van der Waals surface area contributed by atoms with Crippen molar-refractivity contribution in [3.63, 3.8) is 0 Å². The van der Waals surface area contributed by atoms with E-state index in [1.165, 1.54) is 6.26 Å². The van der Waals surface area contributed by atoms with Gasteiger partial charge in [-0.25, -0.2) is 13.1 Å². The molecule has 1 fully saturated rings. The Hall–Kier alpha value is -0.130. The lowest BCUT2D eigenvalue weighted by atomic mass is 9.87. The van der Waals surface area contributed by atoms with Crippen molar-refractivity contribution < 1.29 is 8.42 Å². The standard InChI is InChI=1S/C8H18N2O2S/c1-13(11,12)10-6-7-2-4-8(9)5-3-7/h7-8,10H,2-6,9H2,1H3. The molecule has 0 aromatic heterocycles. The van der Waals surface area contributed by atoms with Crippen LogP contribution in [0.3, 0.4) is 0 Å². The van der Waals surface area contributed by atoms with Gasteiger partial charge < -0.3 is 5.73 Å². The number of hydrogen-bond donors (Lipinski definition) is 2. The summed E-state index contributed by atoms with van der Waals surface area (Å²) in [6, 6.07) is 0.328. The van der Waals surface area contributed by atoms with Crippen LogP contribution in [0.25, 0.3) is 0 Å². The molecule has 0 radical (unpaired) electrons. The fourth-order valence-electron chi connectivity index (χ4n) is 1.66. The van der Waals surface area contributed by atoms with Crippen LogP contribution >= 0.6 is 0 Å². The largest absolute Gasteiger partial charge is 0.328 e. The van der Waals surface area contributed by atoms with E-state index in [0.717, 1.165) is 25.7 Å². The molecule has 0 spiro atoms. The third kappa shape index (κ3) is 4.59. The van der Waals surface area contributed by atoms with Gasteiger partial charge in [0.2, 0.25) is 10.0 Å². The van der Waals surface area contributed by atoms with Crippen molar-refractivity contribution in [2.24, 2.45) is 11.7 Å². The van der Waals surface area contributed by atoms with Crippen LogP contribution in [-0.4, -0.2) is 27.3 Å². The Balaban J connectivity index is 2.24. The van der Waals surface area contributed by atoms with Gasteiger partial charge in [0.1, 0.15) is 0 Å². The van der Waals surface area contributed by atoms with Crippen LogP contribution in [0.1, 0.15) is 25.7 Å². The molecule has 1 aliphatic carbocycles. The fraction of sp³-hybridized carbons (Fsp3) is 1.00. The van der Waals surface area contributed by atoms with Crippen LogP contribution in [0, 0.1) is 5.92 Å². The summed E-state index contributed by atoms with van der Waals surface area (Å²) in [5.41, 5.74) is 5.74. The fourth-order valence-corrected chi connectivity index (χ4v) is 2.20. The minimum absolute atomic E-state index is 0.328. The second kappa shape index (κ2) is 4.39. The predicted molar refractivity (Wildman–Crippen MR) is 52.8 cm³/mol. The van der Waals surface area contributed by atoms with Gasteiger partial charge in [0.05, 0.1) is 6.26 Å². The van der Waals surface area contributed by atoms with Crippen LogP contribution in [0.5, 0.6) is 0 Å². The number of nitrogens with one attached hydrogen (secondary N) is 1. The zero-order chi connectivity index (χ0) is 9.90. The molecular weight excluding hydrogens is 188 g/mol. The van der Waals surface area contributed by atoms with Crippen molar-refractivity contribution in [1.82, 2.24) is 4.72 Å². The summed E-state index contributed by atoms with van der Waals surface area (Å²) in [6.07, 6.45) is 5.33. The van der Waals surface area contributed by atoms with E-state index >= 15 is 0 Å². The summed E-state index contributed by atoms with van der Waals surface area (Å²) >= 11 is 0. The van der Waals surface area contributed by atoms with Crippen molar-refractivity contribution in [3.8, 4) is 0 Å². The Labute approximate surface area is 79.9 Å². The topological polar surface area (TPSA) is 72.2 Å². The smallest absolute Gasteiger partial charge is 0.208 e. The van der Waals surface area contributed by atoms with Gasteiger partial charge in [0.15, 0.2) is 0 Å². The average molecular weight is 206 g/mol. The minimum atomic E-state index is -3.02. The summed E-state index contributed by atoms with van der Waals surface area (Å²) in [6.45, 7) is 0.575. The number of hydrogen-bond acceptors (Lipinski definition) is 3. The first-order valence-corrected chi connectivity index (χ1v) is 6.57. The highest BCUT2D eigenvalue weighted by Gasteiger charge is 2.18. The maximum absolute atomic E-state index is 10.8.